The van der Waals surface area contributed by atoms with Crippen LogP contribution in [0.1, 0.15) is 16.7 Å². The van der Waals surface area contributed by atoms with E-state index in [0.717, 1.165) is 32.0 Å². The molecule has 0 atom stereocenters. The van der Waals surface area contributed by atoms with Crippen molar-refractivity contribution in [2.45, 2.75) is 13.3 Å². The first-order valence-corrected chi connectivity index (χ1v) is 7.73. The van der Waals surface area contributed by atoms with Gasteiger partial charge in [0.2, 0.25) is 0 Å². The monoisotopic (exact) mass is 387 g/mol. The molecule has 0 amide bonds. The molecule has 0 saturated carbocycles. The number of aryl methyl sites for hydroxylation is 1. The Morgan fingerprint density at radius 1 is 1.33 bits per heavy atom. The van der Waals surface area contributed by atoms with E-state index in [2.05, 4.69) is 15.3 Å². The van der Waals surface area contributed by atoms with Gasteiger partial charge in [-0.3, -0.25) is 4.98 Å². The second-order valence-electron chi connectivity index (χ2n) is 4.97. The third-order valence-corrected chi connectivity index (χ3v) is 4.81. The van der Waals surface area contributed by atoms with Crippen molar-refractivity contribution in [3.05, 3.63) is 41.2 Å². The molecule has 0 aliphatic heterocycles. The zero-order valence-electron chi connectivity index (χ0n) is 13.5. The molecule has 5 nitrogen and oxygen atoms in total. The highest BCUT2D eigenvalue weighted by atomic mass is 35.5. The van der Waals surface area contributed by atoms with Gasteiger partial charge in [-0.1, -0.05) is 17.4 Å². The summed E-state index contributed by atoms with van der Waals surface area (Å²) in [5, 5.41) is 14.3. The van der Waals surface area contributed by atoms with Gasteiger partial charge in [-0.05, 0) is 18.6 Å². The molecule has 0 unspecified atom stereocenters. The summed E-state index contributed by atoms with van der Waals surface area (Å²) in [4.78, 5) is 8.78. The van der Waals surface area contributed by atoms with Gasteiger partial charge in [0.1, 0.15) is 0 Å². The van der Waals surface area contributed by atoms with Crippen molar-refractivity contribution >= 4 is 51.5 Å². The van der Waals surface area contributed by atoms with E-state index >= 15 is 0 Å². The molecule has 2 heterocycles. The van der Waals surface area contributed by atoms with Crippen LogP contribution >= 0.6 is 36.2 Å². The number of hydrogen-bond donors (Lipinski definition) is 2. The summed E-state index contributed by atoms with van der Waals surface area (Å²) >= 11 is 1.53. The van der Waals surface area contributed by atoms with Gasteiger partial charge >= 0.3 is 0 Å². The summed E-state index contributed by atoms with van der Waals surface area (Å²) in [6.45, 7) is 1.88. The number of halogens is 2. The van der Waals surface area contributed by atoms with E-state index in [-0.39, 0.29) is 30.6 Å². The fraction of sp³-hybridized carbons (Fsp3) is 0.250. The van der Waals surface area contributed by atoms with E-state index in [4.69, 9.17) is 4.74 Å². The standard InChI is InChI=1S/C16H17N3O2S.2ClH/c1-9-13(20)14(21-3)11(7-10-5-4-6-18-8-10)12-15(9)22-16(17-2)19-12;;/h4-6,8,20H,7H2,1-3H3,(H,17,19);2*1H. The summed E-state index contributed by atoms with van der Waals surface area (Å²) in [5.74, 6) is 0.669. The Kier molecular flexibility index (Phi) is 7.08. The Bertz CT molecular complexity index is 825. The number of anilines is 1. The Hall–Kier alpha value is -1.76. The van der Waals surface area contributed by atoms with Crippen LogP contribution in [0.15, 0.2) is 24.5 Å². The maximum absolute atomic E-state index is 10.5. The van der Waals surface area contributed by atoms with Crippen LogP contribution in [0, 0.1) is 6.92 Å². The van der Waals surface area contributed by atoms with Crippen LogP contribution in [0.2, 0.25) is 0 Å². The maximum Gasteiger partial charge on any atom is 0.183 e. The van der Waals surface area contributed by atoms with Gasteiger partial charge in [0, 0.05) is 37.0 Å². The van der Waals surface area contributed by atoms with Crippen LogP contribution < -0.4 is 10.1 Å². The van der Waals surface area contributed by atoms with Crippen molar-refractivity contribution in [3.63, 3.8) is 0 Å². The topological polar surface area (TPSA) is 67.3 Å². The number of hydrogen-bond acceptors (Lipinski definition) is 6. The molecule has 0 spiro atoms. The van der Waals surface area contributed by atoms with Crippen molar-refractivity contribution in [2.24, 2.45) is 0 Å². The van der Waals surface area contributed by atoms with Crippen LogP contribution in [0.5, 0.6) is 11.5 Å². The van der Waals surface area contributed by atoms with E-state index in [1.807, 2.05) is 32.3 Å². The number of nitrogens with zero attached hydrogens (tertiary/aromatic N) is 2. The molecule has 0 saturated heterocycles. The van der Waals surface area contributed by atoms with E-state index in [9.17, 15) is 5.11 Å². The van der Waals surface area contributed by atoms with Gasteiger partial charge < -0.3 is 15.2 Å². The Morgan fingerprint density at radius 2 is 2.08 bits per heavy atom. The van der Waals surface area contributed by atoms with Crippen molar-refractivity contribution in [1.29, 1.82) is 0 Å². The number of methoxy groups -OCH3 is 1. The first-order valence-electron chi connectivity index (χ1n) is 6.91. The zero-order chi connectivity index (χ0) is 15.7. The maximum atomic E-state index is 10.5. The van der Waals surface area contributed by atoms with E-state index in [0.29, 0.717) is 12.2 Å². The minimum absolute atomic E-state index is 0. The van der Waals surface area contributed by atoms with Crippen LogP contribution in [0.25, 0.3) is 10.2 Å². The molecule has 1 aromatic carbocycles. The number of phenolic OH excluding ortho intramolecular Hbond substituents is 1. The summed E-state index contributed by atoms with van der Waals surface area (Å²) in [7, 11) is 3.41. The van der Waals surface area contributed by atoms with E-state index < -0.39 is 0 Å². The average molecular weight is 388 g/mol. The summed E-state index contributed by atoms with van der Waals surface area (Å²) in [6, 6.07) is 3.90. The molecule has 130 valence electrons. The highest BCUT2D eigenvalue weighted by Crippen LogP contribution is 2.44. The first-order chi connectivity index (χ1) is 10.7. The van der Waals surface area contributed by atoms with Gasteiger partial charge in [0.05, 0.1) is 17.3 Å². The van der Waals surface area contributed by atoms with Gasteiger partial charge in [-0.25, -0.2) is 4.98 Å². The van der Waals surface area contributed by atoms with Gasteiger partial charge in [0.25, 0.3) is 0 Å². The summed E-state index contributed by atoms with van der Waals surface area (Å²) in [5.41, 5.74) is 3.59. The summed E-state index contributed by atoms with van der Waals surface area (Å²) in [6.07, 6.45) is 4.16. The van der Waals surface area contributed by atoms with Crippen LogP contribution in [-0.4, -0.2) is 29.2 Å². The van der Waals surface area contributed by atoms with Crippen LogP contribution in [0.3, 0.4) is 0 Å². The van der Waals surface area contributed by atoms with E-state index in [1.54, 1.807) is 13.3 Å². The molecule has 2 N–H and O–H groups in total. The smallest absolute Gasteiger partial charge is 0.183 e. The van der Waals surface area contributed by atoms with Crippen LogP contribution in [-0.2, 0) is 6.42 Å². The molecule has 24 heavy (non-hydrogen) atoms. The van der Waals surface area contributed by atoms with Crippen molar-refractivity contribution in [1.82, 2.24) is 9.97 Å². The number of ether oxygens (including phenoxy) is 1. The van der Waals surface area contributed by atoms with Gasteiger partial charge in [-0.15, -0.1) is 24.8 Å². The fourth-order valence-electron chi connectivity index (χ4n) is 2.50. The lowest BCUT2D eigenvalue weighted by Crippen LogP contribution is -1.98. The molecular formula is C16H19Cl2N3O2S. The van der Waals surface area contributed by atoms with Crippen molar-refractivity contribution in [2.75, 3.05) is 19.5 Å². The number of fused-ring (bicyclic) bond motifs is 1. The molecule has 0 aliphatic carbocycles. The molecule has 3 aromatic rings. The Balaban J connectivity index is 0.00000144. The molecule has 0 aliphatic rings. The highest BCUT2D eigenvalue weighted by molar-refractivity contribution is 7.22. The summed E-state index contributed by atoms with van der Waals surface area (Å²) < 4.78 is 6.43. The Labute approximate surface area is 156 Å². The number of nitrogens with one attached hydrogen (secondary N) is 1. The lowest BCUT2D eigenvalue weighted by atomic mass is 10.0. The predicted octanol–water partition coefficient (Wildman–Crippen LogP) is 4.19. The third-order valence-electron chi connectivity index (χ3n) is 3.62. The number of aromatic hydroxyl groups is 1. The molecule has 3 rings (SSSR count). The van der Waals surface area contributed by atoms with Gasteiger partial charge in [0.15, 0.2) is 16.6 Å². The third kappa shape index (κ3) is 3.50. The minimum atomic E-state index is 0. The number of rotatable bonds is 4. The SMILES string of the molecule is CNc1nc2c(Cc3cccnc3)c(OC)c(O)c(C)c2s1.Cl.Cl. The van der Waals surface area contributed by atoms with Crippen molar-refractivity contribution in [3.8, 4) is 11.5 Å². The molecule has 0 radical (unpaired) electrons. The predicted molar refractivity (Wildman–Crippen MR) is 104 cm³/mol. The Morgan fingerprint density at radius 3 is 2.67 bits per heavy atom. The minimum Gasteiger partial charge on any atom is -0.504 e. The number of benzene rings is 1. The first kappa shape index (κ1) is 20.3. The second-order valence-corrected chi connectivity index (χ2v) is 5.97. The molecule has 0 fully saturated rings. The molecule has 2 aromatic heterocycles. The van der Waals surface area contributed by atoms with Gasteiger partial charge in [-0.2, -0.15) is 0 Å². The normalized spacial score (nSPS) is 9.96. The number of pyridine rings is 1. The molecule has 0 bridgehead atoms. The lowest BCUT2D eigenvalue weighted by molar-refractivity contribution is 0.369. The highest BCUT2D eigenvalue weighted by Gasteiger charge is 2.21. The largest absolute Gasteiger partial charge is 0.504 e. The lowest BCUT2D eigenvalue weighted by Gasteiger charge is -2.13. The van der Waals surface area contributed by atoms with E-state index in [1.165, 1.54) is 11.3 Å². The molecule has 8 heteroatoms. The second kappa shape index (κ2) is 8.37. The number of aromatic nitrogens is 2. The van der Waals surface area contributed by atoms with Crippen LogP contribution in [0.4, 0.5) is 5.13 Å². The average Bonchev–Trinajstić information content (AvgIpc) is 2.98. The fourth-order valence-corrected chi connectivity index (χ4v) is 3.45. The number of thiazole rings is 1. The van der Waals surface area contributed by atoms with Crippen molar-refractivity contribution < 1.29 is 9.84 Å². The molecular weight excluding hydrogens is 369 g/mol. The number of phenols is 1. The quantitative estimate of drug-likeness (QED) is 0.702. The zero-order valence-corrected chi connectivity index (χ0v) is 15.9.